The van der Waals surface area contributed by atoms with E-state index in [2.05, 4.69) is 15.9 Å². The van der Waals surface area contributed by atoms with Crippen LogP contribution in [-0.2, 0) is 11.3 Å². The van der Waals surface area contributed by atoms with Gasteiger partial charge in [-0.1, -0.05) is 0 Å². The van der Waals surface area contributed by atoms with Gasteiger partial charge in [0.05, 0.1) is 5.92 Å². The number of carboxylic acid groups (broad SMARTS) is 1. The summed E-state index contributed by atoms with van der Waals surface area (Å²) in [5.74, 6) is -1.41. The number of halogens is 1. The van der Waals surface area contributed by atoms with Crippen molar-refractivity contribution < 1.29 is 14.7 Å². The molecule has 0 saturated carbocycles. The number of hydrogen-bond acceptors (Lipinski definition) is 3. The highest BCUT2D eigenvalue weighted by atomic mass is 79.9. The third kappa shape index (κ3) is 1.95. The zero-order valence-corrected chi connectivity index (χ0v) is 12.2. The second-order valence-corrected chi connectivity index (χ2v) is 6.07. The molecule has 3 heterocycles. The highest BCUT2D eigenvalue weighted by Crippen LogP contribution is 2.36. The minimum absolute atomic E-state index is 0.0644. The second kappa shape index (κ2) is 4.61. The summed E-state index contributed by atoms with van der Waals surface area (Å²) in [7, 11) is 0. The first kappa shape index (κ1) is 12.6. The van der Waals surface area contributed by atoms with E-state index in [1.165, 1.54) is 11.3 Å². The Hall–Kier alpha value is -1.40. The number of rotatable bonds is 3. The quantitative estimate of drug-likeness (QED) is 0.874. The van der Waals surface area contributed by atoms with Crippen molar-refractivity contribution in [2.24, 2.45) is 0 Å². The van der Waals surface area contributed by atoms with Gasteiger partial charge in [-0.05, 0) is 39.9 Å². The van der Waals surface area contributed by atoms with E-state index in [0.717, 1.165) is 0 Å². The molecule has 1 aliphatic heterocycles. The van der Waals surface area contributed by atoms with Crippen molar-refractivity contribution in [3.05, 3.63) is 44.3 Å². The van der Waals surface area contributed by atoms with Gasteiger partial charge in [0.15, 0.2) is 0 Å². The Kier molecular flexibility index (Phi) is 3.06. The fourth-order valence-corrected chi connectivity index (χ4v) is 3.75. The van der Waals surface area contributed by atoms with Crippen LogP contribution in [0.3, 0.4) is 0 Å². The molecule has 0 saturated heterocycles. The lowest BCUT2D eigenvalue weighted by molar-refractivity contribution is -0.138. The highest BCUT2D eigenvalue weighted by molar-refractivity contribution is 9.10. The van der Waals surface area contributed by atoms with E-state index in [9.17, 15) is 14.7 Å². The van der Waals surface area contributed by atoms with Crippen LogP contribution < -0.4 is 0 Å². The predicted octanol–water partition coefficient (Wildman–Crippen LogP) is 3.12. The average molecular weight is 340 g/mol. The van der Waals surface area contributed by atoms with Gasteiger partial charge in [-0.2, -0.15) is 11.3 Å². The van der Waals surface area contributed by atoms with E-state index in [4.69, 9.17) is 0 Å². The number of ketones is 1. The van der Waals surface area contributed by atoms with Crippen molar-refractivity contribution >= 4 is 39.0 Å². The Morgan fingerprint density at radius 3 is 2.89 bits per heavy atom. The number of thiophene rings is 1. The molecule has 1 N–H and O–H groups in total. The van der Waals surface area contributed by atoms with Crippen molar-refractivity contribution in [3.8, 4) is 0 Å². The van der Waals surface area contributed by atoms with Crippen LogP contribution in [0.25, 0.3) is 0 Å². The summed E-state index contributed by atoms with van der Waals surface area (Å²) in [5.41, 5.74) is 1.90. The standard InChI is InChI=1S/C13H10BrNO3S/c14-9-5-10-8(13(17)18)1-3-15(10)11(9)12(16)7-2-4-19-6-7/h2,4-6,8H,1,3H2,(H,17,18). The first-order valence-corrected chi connectivity index (χ1v) is 7.52. The molecule has 19 heavy (non-hydrogen) atoms. The Morgan fingerprint density at radius 2 is 2.26 bits per heavy atom. The summed E-state index contributed by atoms with van der Waals surface area (Å²) in [5, 5.41) is 12.8. The molecule has 1 atom stereocenters. The first-order valence-electron chi connectivity index (χ1n) is 5.78. The van der Waals surface area contributed by atoms with Crippen LogP contribution in [0.4, 0.5) is 0 Å². The largest absolute Gasteiger partial charge is 0.481 e. The van der Waals surface area contributed by atoms with Gasteiger partial charge in [-0.3, -0.25) is 9.59 Å². The predicted molar refractivity (Wildman–Crippen MR) is 74.9 cm³/mol. The number of carbonyl (C=O) groups excluding carboxylic acids is 1. The molecule has 98 valence electrons. The number of hydrogen-bond donors (Lipinski definition) is 1. The number of aliphatic carboxylic acids is 1. The molecular formula is C13H10BrNO3S. The first-order chi connectivity index (χ1) is 9.09. The molecule has 2 aromatic heterocycles. The normalized spacial score (nSPS) is 17.4. The SMILES string of the molecule is O=C(c1ccsc1)c1c(Br)cc2n1CCC2C(=O)O. The molecule has 0 bridgehead atoms. The molecule has 1 aliphatic rings. The summed E-state index contributed by atoms with van der Waals surface area (Å²) in [6.07, 6.45) is 0.544. The molecule has 6 heteroatoms. The van der Waals surface area contributed by atoms with Crippen molar-refractivity contribution in [1.29, 1.82) is 0 Å². The molecule has 0 fully saturated rings. The maximum Gasteiger partial charge on any atom is 0.312 e. The monoisotopic (exact) mass is 339 g/mol. The molecule has 0 amide bonds. The molecule has 4 nitrogen and oxygen atoms in total. The topological polar surface area (TPSA) is 59.3 Å². The van der Waals surface area contributed by atoms with Gasteiger partial charge in [-0.25, -0.2) is 0 Å². The van der Waals surface area contributed by atoms with Crippen LogP contribution in [0.2, 0.25) is 0 Å². The number of aromatic nitrogens is 1. The molecule has 0 spiro atoms. The van der Waals surface area contributed by atoms with E-state index >= 15 is 0 Å². The van der Waals surface area contributed by atoms with E-state index in [1.54, 1.807) is 17.5 Å². The molecule has 1 unspecified atom stereocenters. The smallest absolute Gasteiger partial charge is 0.312 e. The fraction of sp³-hybridized carbons (Fsp3) is 0.231. The van der Waals surface area contributed by atoms with Gasteiger partial charge >= 0.3 is 5.97 Å². The van der Waals surface area contributed by atoms with E-state index < -0.39 is 11.9 Å². The van der Waals surface area contributed by atoms with E-state index in [-0.39, 0.29) is 5.78 Å². The summed E-state index contributed by atoms with van der Waals surface area (Å²) in [6, 6.07) is 3.54. The van der Waals surface area contributed by atoms with Crippen molar-refractivity contribution in [2.45, 2.75) is 18.9 Å². The summed E-state index contributed by atoms with van der Waals surface area (Å²) in [6.45, 7) is 0.573. The summed E-state index contributed by atoms with van der Waals surface area (Å²) < 4.78 is 2.49. The average Bonchev–Trinajstić information content (AvgIpc) is 3.01. The number of carbonyl (C=O) groups is 2. The molecule has 3 rings (SSSR count). The summed E-state index contributed by atoms with van der Waals surface area (Å²) in [4.78, 5) is 23.6. The third-order valence-electron chi connectivity index (χ3n) is 3.38. The maximum absolute atomic E-state index is 12.4. The van der Waals surface area contributed by atoms with Crippen molar-refractivity contribution in [3.63, 3.8) is 0 Å². The maximum atomic E-state index is 12.4. The van der Waals surface area contributed by atoms with Crippen LogP contribution in [0, 0.1) is 0 Å². The van der Waals surface area contributed by atoms with Crippen molar-refractivity contribution in [2.75, 3.05) is 0 Å². The lowest BCUT2D eigenvalue weighted by Crippen LogP contribution is -2.09. The van der Waals surface area contributed by atoms with E-state index in [1.807, 2.05) is 9.95 Å². The van der Waals surface area contributed by atoms with Crippen molar-refractivity contribution in [1.82, 2.24) is 4.57 Å². The van der Waals surface area contributed by atoms with Gasteiger partial charge in [0.1, 0.15) is 5.69 Å². The van der Waals surface area contributed by atoms with Crippen LogP contribution in [-0.4, -0.2) is 21.4 Å². The number of carboxylic acids is 1. The lowest BCUT2D eigenvalue weighted by atomic mass is 10.1. The fourth-order valence-electron chi connectivity index (χ4n) is 2.48. The van der Waals surface area contributed by atoms with Crippen LogP contribution >= 0.6 is 27.3 Å². The van der Waals surface area contributed by atoms with Crippen LogP contribution in [0.15, 0.2) is 27.4 Å². The number of fused-ring (bicyclic) bond motifs is 1. The van der Waals surface area contributed by atoms with Gasteiger partial charge in [-0.15, -0.1) is 0 Å². The Bertz CT molecular complexity index is 660. The molecular weight excluding hydrogens is 330 g/mol. The lowest BCUT2D eigenvalue weighted by Gasteiger charge is -2.05. The Morgan fingerprint density at radius 1 is 1.47 bits per heavy atom. The summed E-state index contributed by atoms with van der Waals surface area (Å²) >= 11 is 4.84. The Labute approximate surface area is 121 Å². The third-order valence-corrected chi connectivity index (χ3v) is 4.67. The van der Waals surface area contributed by atoms with Gasteiger partial charge < -0.3 is 9.67 Å². The Balaban J connectivity index is 2.07. The highest BCUT2D eigenvalue weighted by Gasteiger charge is 2.33. The number of nitrogens with zero attached hydrogens (tertiary/aromatic N) is 1. The minimum Gasteiger partial charge on any atom is -0.481 e. The molecule has 0 radical (unpaired) electrons. The van der Waals surface area contributed by atoms with Gasteiger partial charge in [0, 0.05) is 27.7 Å². The molecule has 0 aromatic carbocycles. The van der Waals surface area contributed by atoms with Crippen LogP contribution in [0.1, 0.15) is 34.1 Å². The van der Waals surface area contributed by atoms with E-state index in [0.29, 0.717) is 34.4 Å². The molecule has 2 aromatic rings. The zero-order chi connectivity index (χ0) is 13.6. The molecule has 0 aliphatic carbocycles. The zero-order valence-electron chi connectivity index (χ0n) is 9.80. The van der Waals surface area contributed by atoms with Gasteiger partial charge in [0.25, 0.3) is 0 Å². The minimum atomic E-state index is -0.835. The second-order valence-electron chi connectivity index (χ2n) is 4.44. The van der Waals surface area contributed by atoms with Gasteiger partial charge in [0.2, 0.25) is 5.78 Å². The van der Waals surface area contributed by atoms with Crippen LogP contribution in [0.5, 0.6) is 0 Å².